The highest BCUT2D eigenvalue weighted by Crippen LogP contribution is 2.28. The summed E-state index contributed by atoms with van der Waals surface area (Å²) in [5, 5.41) is 3.28. The topological polar surface area (TPSA) is 30.5 Å². The fraction of sp³-hybridized carbons (Fsp3) is 0.571. The molecule has 0 radical (unpaired) electrons. The zero-order valence-corrected chi connectivity index (χ0v) is 10.8. The van der Waals surface area contributed by atoms with Gasteiger partial charge in [0.1, 0.15) is 5.75 Å². The molecule has 1 aliphatic carbocycles. The third kappa shape index (κ3) is 3.20. The number of nitrogens with one attached hydrogen (secondary N) is 1. The van der Waals surface area contributed by atoms with Crippen molar-refractivity contribution in [1.29, 1.82) is 0 Å². The smallest absolute Gasteiger partial charge is 0.119 e. The number of hydrogen-bond acceptors (Lipinski definition) is 3. The summed E-state index contributed by atoms with van der Waals surface area (Å²) in [6.07, 6.45) is 3.00. The minimum Gasteiger partial charge on any atom is -0.490 e. The van der Waals surface area contributed by atoms with Crippen LogP contribution in [0.4, 0.5) is 0 Å². The van der Waals surface area contributed by atoms with Crippen LogP contribution in [-0.2, 0) is 4.74 Å². The summed E-state index contributed by atoms with van der Waals surface area (Å²) >= 11 is 0. The Kier molecular flexibility index (Phi) is 4.02. The molecule has 0 aliphatic heterocycles. The Morgan fingerprint density at radius 2 is 1.88 bits per heavy atom. The summed E-state index contributed by atoms with van der Waals surface area (Å²) in [5.41, 5.74) is 1.23. The summed E-state index contributed by atoms with van der Waals surface area (Å²) < 4.78 is 11.1. The monoisotopic (exact) mass is 235 g/mol. The molecule has 0 aromatic heterocycles. The number of methoxy groups -OCH3 is 1. The third-order valence-corrected chi connectivity index (χ3v) is 3.22. The van der Waals surface area contributed by atoms with Crippen LogP contribution in [0.1, 0.15) is 31.4 Å². The van der Waals surface area contributed by atoms with Crippen molar-refractivity contribution in [3.05, 3.63) is 29.8 Å². The van der Waals surface area contributed by atoms with Crippen molar-refractivity contribution < 1.29 is 9.47 Å². The Morgan fingerprint density at radius 3 is 2.35 bits per heavy atom. The Morgan fingerprint density at radius 1 is 1.24 bits per heavy atom. The molecule has 1 saturated carbocycles. The zero-order chi connectivity index (χ0) is 12.3. The number of hydrogen-bond donors (Lipinski definition) is 1. The third-order valence-electron chi connectivity index (χ3n) is 3.22. The van der Waals surface area contributed by atoms with Crippen LogP contribution < -0.4 is 10.1 Å². The first kappa shape index (κ1) is 12.4. The highest BCUT2D eigenvalue weighted by Gasteiger charge is 2.23. The fourth-order valence-corrected chi connectivity index (χ4v) is 1.94. The molecule has 94 valence electrons. The first-order valence-corrected chi connectivity index (χ1v) is 6.21. The molecule has 0 heterocycles. The predicted octanol–water partition coefficient (Wildman–Crippen LogP) is 2.52. The molecule has 17 heavy (non-hydrogen) atoms. The van der Waals surface area contributed by atoms with Crippen LogP contribution in [-0.4, -0.2) is 26.4 Å². The van der Waals surface area contributed by atoms with Gasteiger partial charge in [-0.3, -0.25) is 0 Å². The van der Waals surface area contributed by atoms with E-state index in [1.165, 1.54) is 18.4 Å². The van der Waals surface area contributed by atoms with Gasteiger partial charge in [0.2, 0.25) is 0 Å². The van der Waals surface area contributed by atoms with E-state index in [9.17, 15) is 0 Å². The molecule has 2 atom stereocenters. The van der Waals surface area contributed by atoms with Gasteiger partial charge < -0.3 is 14.8 Å². The van der Waals surface area contributed by atoms with Crippen LogP contribution in [0.5, 0.6) is 5.75 Å². The number of ether oxygens (including phenoxy) is 2. The van der Waals surface area contributed by atoms with Crippen LogP contribution in [0.15, 0.2) is 24.3 Å². The molecule has 1 aromatic carbocycles. The van der Waals surface area contributed by atoms with E-state index in [0.29, 0.717) is 6.10 Å². The van der Waals surface area contributed by atoms with Gasteiger partial charge in [-0.1, -0.05) is 12.1 Å². The van der Waals surface area contributed by atoms with Gasteiger partial charge in [0.25, 0.3) is 0 Å². The highest BCUT2D eigenvalue weighted by molar-refractivity contribution is 5.30. The van der Waals surface area contributed by atoms with Gasteiger partial charge in [-0.15, -0.1) is 0 Å². The summed E-state index contributed by atoms with van der Waals surface area (Å²) in [6.45, 7) is 2.07. The predicted molar refractivity (Wildman–Crippen MR) is 68.4 cm³/mol. The molecule has 1 fully saturated rings. The number of benzene rings is 1. The van der Waals surface area contributed by atoms with Crippen molar-refractivity contribution in [2.24, 2.45) is 0 Å². The van der Waals surface area contributed by atoms with Gasteiger partial charge in [-0.2, -0.15) is 0 Å². The molecule has 3 nitrogen and oxygen atoms in total. The van der Waals surface area contributed by atoms with Gasteiger partial charge >= 0.3 is 0 Å². The molecular weight excluding hydrogens is 214 g/mol. The minimum atomic E-state index is 0.148. The highest BCUT2D eigenvalue weighted by atomic mass is 16.5. The number of rotatable bonds is 6. The fourth-order valence-electron chi connectivity index (χ4n) is 1.94. The van der Waals surface area contributed by atoms with Crippen molar-refractivity contribution in [2.45, 2.75) is 38.0 Å². The molecule has 2 rings (SSSR count). The number of likely N-dealkylation sites (N-methyl/N-ethyl adjacent to an activating group) is 1. The summed E-state index contributed by atoms with van der Waals surface area (Å²) in [4.78, 5) is 0. The van der Waals surface area contributed by atoms with Crippen molar-refractivity contribution in [3.8, 4) is 5.75 Å². The second-order valence-corrected chi connectivity index (χ2v) is 4.59. The molecule has 0 amide bonds. The molecule has 0 saturated heterocycles. The van der Waals surface area contributed by atoms with Crippen LogP contribution in [0.3, 0.4) is 0 Å². The van der Waals surface area contributed by atoms with E-state index < -0.39 is 0 Å². The molecule has 0 spiro atoms. The standard InChI is InChI=1S/C14H21NO2/c1-10(16-3)14(15-2)11-4-6-12(7-5-11)17-13-8-9-13/h4-7,10,13-15H,8-9H2,1-3H3. The molecule has 1 aromatic rings. The van der Waals surface area contributed by atoms with Crippen molar-refractivity contribution in [1.82, 2.24) is 5.32 Å². The largest absolute Gasteiger partial charge is 0.490 e. The lowest BCUT2D eigenvalue weighted by Gasteiger charge is -2.22. The van der Waals surface area contributed by atoms with Gasteiger partial charge in [-0.25, -0.2) is 0 Å². The Hall–Kier alpha value is -1.06. The molecule has 3 heteroatoms. The Balaban J connectivity index is 2.03. The molecule has 1 N–H and O–H groups in total. The molecule has 0 bridgehead atoms. The van der Waals surface area contributed by atoms with E-state index in [2.05, 4.69) is 24.4 Å². The van der Waals surface area contributed by atoms with E-state index in [-0.39, 0.29) is 12.1 Å². The average Bonchev–Trinajstić information content (AvgIpc) is 3.16. The lowest BCUT2D eigenvalue weighted by atomic mass is 10.0. The quantitative estimate of drug-likeness (QED) is 0.822. The van der Waals surface area contributed by atoms with Crippen molar-refractivity contribution in [2.75, 3.05) is 14.2 Å². The second-order valence-electron chi connectivity index (χ2n) is 4.59. The van der Waals surface area contributed by atoms with E-state index in [0.717, 1.165) is 5.75 Å². The summed E-state index contributed by atoms with van der Waals surface area (Å²) in [5.74, 6) is 0.969. The molecule has 1 aliphatic rings. The summed E-state index contributed by atoms with van der Waals surface area (Å²) in [6, 6.07) is 8.51. The maximum absolute atomic E-state index is 5.73. The second kappa shape index (κ2) is 5.52. The zero-order valence-electron chi connectivity index (χ0n) is 10.8. The van der Waals surface area contributed by atoms with Crippen molar-refractivity contribution >= 4 is 0 Å². The van der Waals surface area contributed by atoms with Gasteiger partial charge in [0, 0.05) is 7.11 Å². The van der Waals surface area contributed by atoms with E-state index in [1.54, 1.807) is 7.11 Å². The first-order chi connectivity index (χ1) is 8.24. The van der Waals surface area contributed by atoms with Gasteiger partial charge in [-0.05, 0) is 44.5 Å². The summed E-state index contributed by atoms with van der Waals surface area (Å²) in [7, 11) is 3.69. The van der Waals surface area contributed by atoms with Crippen LogP contribution in [0.25, 0.3) is 0 Å². The van der Waals surface area contributed by atoms with Crippen LogP contribution in [0, 0.1) is 0 Å². The van der Waals surface area contributed by atoms with E-state index in [4.69, 9.17) is 9.47 Å². The van der Waals surface area contributed by atoms with E-state index >= 15 is 0 Å². The van der Waals surface area contributed by atoms with Gasteiger partial charge in [0.05, 0.1) is 18.2 Å². The lowest BCUT2D eigenvalue weighted by molar-refractivity contribution is 0.0856. The van der Waals surface area contributed by atoms with Crippen LogP contribution in [0.2, 0.25) is 0 Å². The maximum atomic E-state index is 5.73. The Bertz CT molecular complexity index is 346. The SMILES string of the molecule is CNC(c1ccc(OC2CC2)cc1)C(C)OC. The molecular formula is C14H21NO2. The minimum absolute atomic E-state index is 0.148. The molecule has 2 unspecified atom stereocenters. The lowest BCUT2D eigenvalue weighted by Crippen LogP contribution is -2.28. The van der Waals surface area contributed by atoms with Crippen molar-refractivity contribution in [3.63, 3.8) is 0 Å². The maximum Gasteiger partial charge on any atom is 0.119 e. The van der Waals surface area contributed by atoms with Crippen LogP contribution >= 0.6 is 0 Å². The van der Waals surface area contributed by atoms with Gasteiger partial charge in [0.15, 0.2) is 0 Å². The first-order valence-electron chi connectivity index (χ1n) is 6.21. The average molecular weight is 235 g/mol. The van der Waals surface area contributed by atoms with E-state index in [1.807, 2.05) is 19.2 Å². The Labute approximate surface area is 103 Å². The normalized spacial score (nSPS) is 18.8.